The molecule has 0 bridgehead atoms. The third kappa shape index (κ3) is 4.39. The van der Waals surface area contributed by atoms with Crippen LogP contribution in [0, 0.1) is 11.6 Å². The molecule has 1 atom stereocenters. The van der Waals surface area contributed by atoms with Crippen molar-refractivity contribution in [2.24, 2.45) is 0 Å². The van der Waals surface area contributed by atoms with Crippen molar-refractivity contribution in [3.63, 3.8) is 0 Å². The predicted molar refractivity (Wildman–Crippen MR) is 107 cm³/mol. The maximum absolute atomic E-state index is 14.4. The van der Waals surface area contributed by atoms with Crippen LogP contribution in [-0.4, -0.2) is 29.9 Å². The molecule has 4 rings (SSSR count). The van der Waals surface area contributed by atoms with Gasteiger partial charge in [-0.1, -0.05) is 12.1 Å². The molecule has 29 heavy (non-hydrogen) atoms. The van der Waals surface area contributed by atoms with Crippen LogP contribution in [-0.2, 0) is 11.2 Å². The van der Waals surface area contributed by atoms with E-state index in [0.717, 1.165) is 30.4 Å². The Bertz CT molecular complexity index is 930. The molecular formula is C22H23F2N3O2. The fraction of sp³-hybridized carbons (Fsp3) is 0.364. The Morgan fingerprint density at radius 2 is 1.86 bits per heavy atom. The normalized spacial score (nSPS) is 19.2. The summed E-state index contributed by atoms with van der Waals surface area (Å²) in [4.78, 5) is 26.0. The van der Waals surface area contributed by atoms with Crippen molar-refractivity contribution in [1.82, 2.24) is 4.90 Å². The van der Waals surface area contributed by atoms with E-state index in [1.54, 1.807) is 17.0 Å². The van der Waals surface area contributed by atoms with Crippen LogP contribution in [0.1, 0.15) is 42.7 Å². The first-order valence-electron chi connectivity index (χ1n) is 9.93. The fourth-order valence-corrected chi connectivity index (χ4v) is 4.06. The Morgan fingerprint density at radius 3 is 2.66 bits per heavy atom. The van der Waals surface area contributed by atoms with Gasteiger partial charge in [-0.15, -0.1) is 0 Å². The lowest BCUT2D eigenvalue weighted by Crippen LogP contribution is -2.36. The van der Waals surface area contributed by atoms with Crippen LogP contribution in [0.4, 0.5) is 25.0 Å². The Labute approximate surface area is 168 Å². The molecule has 1 unspecified atom stereocenters. The van der Waals surface area contributed by atoms with Crippen molar-refractivity contribution < 1.29 is 18.4 Å². The highest BCUT2D eigenvalue weighted by Gasteiger charge is 2.23. The second-order valence-corrected chi connectivity index (χ2v) is 7.63. The van der Waals surface area contributed by atoms with E-state index < -0.39 is 5.82 Å². The molecule has 2 aliphatic heterocycles. The van der Waals surface area contributed by atoms with E-state index in [2.05, 4.69) is 10.6 Å². The molecule has 1 fully saturated rings. The third-order valence-electron chi connectivity index (χ3n) is 5.69. The molecule has 0 radical (unpaired) electrons. The number of carbonyl (C=O) groups excluding carboxylic acids is 2. The standard InChI is InChI=1S/C22H23F2N3O2/c23-17-6-3-15(4-7-17)14-2-1-10-27(11-9-14)22(29)26-20-13-19-16(12-18(20)24)5-8-21(28)25-19/h3-4,6-7,12-14H,1-2,5,8-11H2,(H,25,28)(H,26,29). The molecule has 2 aromatic rings. The van der Waals surface area contributed by atoms with Gasteiger partial charge in [-0.25, -0.2) is 13.6 Å². The van der Waals surface area contributed by atoms with E-state index in [4.69, 9.17) is 0 Å². The molecule has 0 saturated carbocycles. The highest BCUT2D eigenvalue weighted by Crippen LogP contribution is 2.30. The van der Waals surface area contributed by atoms with Gasteiger partial charge in [0, 0.05) is 25.2 Å². The van der Waals surface area contributed by atoms with Crippen molar-refractivity contribution in [2.45, 2.75) is 38.0 Å². The lowest BCUT2D eigenvalue weighted by molar-refractivity contribution is -0.116. The molecule has 2 aliphatic rings. The summed E-state index contributed by atoms with van der Waals surface area (Å²) in [5.41, 5.74) is 2.42. The number of halogens is 2. The SMILES string of the molecule is O=C1CCc2cc(F)c(NC(=O)N3CCCC(c4ccc(F)cc4)CC3)cc2N1. The Balaban J connectivity index is 1.42. The number of benzene rings is 2. The van der Waals surface area contributed by atoms with Gasteiger partial charge in [0.1, 0.15) is 11.6 Å². The van der Waals surface area contributed by atoms with Crippen LogP contribution >= 0.6 is 0 Å². The van der Waals surface area contributed by atoms with Crippen LogP contribution in [0.15, 0.2) is 36.4 Å². The molecule has 0 aromatic heterocycles. The van der Waals surface area contributed by atoms with Crippen molar-refractivity contribution in [3.8, 4) is 0 Å². The molecule has 7 heteroatoms. The minimum atomic E-state index is -0.507. The summed E-state index contributed by atoms with van der Waals surface area (Å²) in [6.07, 6.45) is 3.32. The van der Waals surface area contributed by atoms with Gasteiger partial charge in [0.05, 0.1) is 5.69 Å². The molecule has 5 nitrogen and oxygen atoms in total. The van der Waals surface area contributed by atoms with Crippen molar-refractivity contribution >= 4 is 23.3 Å². The average molecular weight is 399 g/mol. The smallest absolute Gasteiger partial charge is 0.321 e. The number of amides is 3. The number of urea groups is 1. The molecule has 3 amide bonds. The Morgan fingerprint density at radius 1 is 1.07 bits per heavy atom. The van der Waals surface area contributed by atoms with Crippen LogP contribution in [0.3, 0.4) is 0 Å². The summed E-state index contributed by atoms with van der Waals surface area (Å²) >= 11 is 0. The molecule has 0 spiro atoms. The van der Waals surface area contributed by atoms with Crippen LogP contribution in [0.5, 0.6) is 0 Å². The number of rotatable bonds is 2. The zero-order valence-electron chi connectivity index (χ0n) is 16.0. The topological polar surface area (TPSA) is 61.4 Å². The third-order valence-corrected chi connectivity index (χ3v) is 5.69. The summed E-state index contributed by atoms with van der Waals surface area (Å²) in [5.74, 6) is -0.608. The summed E-state index contributed by atoms with van der Waals surface area (Å²) in [6, 6.07) is 9.02. The zero-order chi connectivity index (χ0) is 20.4. The van der Waals surface area contributed by atoms with E-state index in [0.29, 0.717) is 31.6 Å². The Hall–Kier alpha value is -2.96. The minimum absolute atomic E-state index is 0.0651. The first-order valence-corrected chi connectivity index (χ1v) is 9.93. The number of aryl methyl sites for hydroxylation is 1. The average Bonchev–Trinajstić information content (AvgIpc) is 2.96. The first-order chi connectivity index (χ1) is 14.0. The molecule has 2 heterocycles. The molecule has 2 aromatic carbocycles. The van der Waals surface area contributed by atoms with E-state index in [-0.39, 0.29) is 29.4 Å². The number of carbonyl (C=O) groups is 2. The lowest BCUT2D eigenvalue weighted by atomic mass is 9.92. The molecule has 1 saturated heterocycles. The molecular weight excluding hydrogens is 376 g/mol. The number of fused-ring (bicyclic) bond motifs is 1. The van der Waals surface area contributed by atoms with Crippen molar-refractivity contribution in [1.29, 1.82) is 0 Å². The summed E-state index contributed by atoms with van der Waals surface area (Å²) in [6.45, 7) is 1.12. The molecule has 152 valence electrons. The second-order valence-electron chi connectivity index (χ2n) is 7.63. The van der Waals surface area contributed by atoms with Gasteiger partial charge < -0.3 is 15.5 Å². The lowest BCUT2D eigenvalue weighted by Gasteiger charge is -2.23. The fourth-order valence-electron chi connectivity index (χ4n) is 4.06. The van der Waals surface area contributed by atoms with Crippen molar-refractivity contribution in [2.75, 3.05) is 23.7 Å². The van der Waals surface area contributed by atoms with Gasteiger partial charge in [0.15, 0.2) is 0 Å². The van der Waals surface area contributed by atoms with Crippen molar-refractivity contribution in [3.05, 3.63) is 59.2 Å². The summed E-state index contributed by atoms with van der Waals surface area (Å²) in [7, 11) is 0. The number of nitrogens with one attached hydrogen (secondary N) is 2. The van der Waals surface area contributed by atoms with Gasteiger partial charge in [-0.05, 0) is 67.0 Å². The van der Waals surface area contributed by atoms with Crippen LogP contribution in [0.2, 0.25) is 0 Å². The van der Waals surface area contributed by atoms with Gasteiger partial charge in [-0.2, -0.15) is 0 Å². The maximum atomic E-state index is 14.4. The van der Waals surface area contributed by atoms with Gasteiger partial charge >= 0.3 is 6.03 Å². The number of anilines is 2. The quantitative estimate of drug-likeness (QED) is 0.772. The summed E-state index contributed by atoms with van der Waals surface area (Å²) < 4.78 is 27.6. The monoisotopic (exact) mass is 399 g/mol. The van der Waals surface area contributed by atoms with E-state index in [9.17, 15) is 18.4 Å². The Kier molecular flexibility index (Phi) is 5.47. The number of nitrogens with zero attached hydrogens (tertiary/aromatic N) is 1. The first kappa shape index (κ1) is 19.4. The van der Waals surface area contributed by atoms with Gasteiger partial charge in [0.2, 0.25) is 5.91 Å². The second kappa shape index (κ2) is 8.19. The molecule has 0 aliphatic carbocycles. The van der Waals surface area contributed by atoms with E-state index >= 15 is 0 Å². The van der Waals surface area contributed by atoms with E-state index in [1.165, 1.54) is 24.3 Å². The number of likely N-dealkylation sites (tertiary alicyclic amines) is 1. The van der Waals surface area contributed by atoms with E-state index in [1.807, 2.05) is 0 Å². The zero-order valence-corrected chi connectivity index (χ0v) is 16.0. The largest absolute Gasteiger partial charge is 0.326 e. The van der Waals surface area contributed by atoms with Crippen LogP contribution < -0.4 is 10.6 Å². The maximum Gasteiger partial charge on any atom is 0.321 e. The van der Waals surface area contributed by atoms with Gasteiger partial charge in [-0.3, -0.25) is 4.79 Å². The summed E-state index contributed by atoms with van der Waals surface area (Å²) in [5, 5.41) is 5.37. The highest BCUT2D eigenvalue weighted by molar-refractivity contribution is 5.96. The minimum Gasteiger partial charge on any atom is -0.326 e. The predicted octanol–water partition coefficient (Wildman–Crippen LogP) is 4.65. The number of hydrogen-bond acceptors (Lipinski definition) is 2. The molecule has 2 N–H and O–H groups in total. The van der Waals surface area contributed by atoms with Crippen LogP contribution in [0.25, 0.3) is 0 Å². The van der Waals surface area contributed by atoms with Gasteiger partial charge in [0.25, 0.3) is 0 Å². The highest BCUT2D eigenvalue weighted by atomic mass is 19.1. The number of hydrogen-bond donors (Lipinski definition) is 2.